The van der Waals surface area contributed by atoms with Gasteiger partial charge in [-0.15, -0.1) is 0 Å². The molecule has 0 bridgehead atoms. The second-order valence-electron chi connectivity index (χ2n) is 9.27. The van der Waals surface area contributed by atoms with Crippen molar-refractivity contribution >= 4 is 13.3 Å². The minimum atomic E-state index is -3.18. The number of rotatable bonds is 5. The fraction of sp³-hybridized carbons (Fsp3) is 0.391. The average Bonchev–Trinajstić information content (AvgIpc) is 2.58. The quantitative estimate of drug-likeness (QED) is 0.334. The van der Waals surface area contributed by atoms with Gasteiger partial charge < -0.3 is 13.8 Å². The van der Waals surface area contributed by atoms with Crippen LogP contribution in [0.1, 0.15) is 57.7 Å². The Bertz CT molecular complexity index is 1000. The zero-order valence-corrected chi connectivity index (χ0v) is 18.8. The summed E-state index contributed by atoms with van der Waals surface area (Å²) in [5.41, 5.74) is -1.28. The van der Waals surface area contributed by atoms with Crippen molar-refractivity contribution in [2.75, 3.05) is 0 Å². The molecule has 0 amide bonds. The lowest BCUT2D eigenvalue weighted by atomic mass is 9.87. The molecule has 0 spiro atoms. The molecule has 31 heavy (non-hydrogen) atoms. The molecular weight excluding hydrogens is 405 g/mol. The molecule has 5 nitrogen and oxygen atoms in total. The van der Waals surface area contributed by atoms with Crippen LogP contribution in [0.3, 0.4) is 0 Å². The van der Waals surface area contributed by atoms with Gasteiger partial charge in [0.25, 0.3) is 0 Å². The molecule has 1 aliphatic rings. The van der Waals surface area contributed by atoms with Crippen molar-refractivity contribution in [2.24, 2.45) is 10.8 Å². The third kappa shape index (κ3) is 6.54. The molecule has 0 saturated heterocycles. The van der Waals surface area contributed by atoms with E-state index >= 15 is 0 Å². The van der Waals surface area contributed by atoms with Crippen molar-refractivity contribution in [3.8, 4) is 5.75 Å². The van der Waals surface area contributed by atoms with E-state index < -0.39 is 30.2 Å². The largest absolute Gasteiger partial charge is 0.796 e. The fourth-order valence-electron chi connectivity index (χ4n) is 2.68. The molecule has 0 unspecified atom stereocenters. The molecule has 2 heterocycles. The maximum Gasteiger partial charge on any atom is 0.796 e. The summed E-state index contributed by atoms with van der Waals surface area (Å²) in [5, 5.41) is 0. The lowest BCUT2D eigenvalue weighted by Gasteiger charge is -2.32. The molecular formula is C23H27BF2O5. The molecule has 0 aromatic carbocycles. The summed E-state index contributed by atoms with van der Waals surface area (Å²) in [6, 6.07) is 1.09. The van der Waals surface area contributed by atoms with Gasteiger partial charge in [-0.2, -0.15) is 0 Å². The first-order valence-electron chi connectivity index (χ1n) is 9.83. The Balaban J connectivity index is 2.40. The van der Waals surface area contributed by atoms with E-state index in [0.29, 0.717) is 0 Å². The van der Waals surface area contributed by atoms with Crippen LogP contribution >= 0.6 is 0 Å². The van der Waals surface area contributed by atoms with Crippen LogP contribution in [0.5, 0.6) is 5.75 Å². The maximum absolute atomic E-state index is 12.7. The molecule has 0 N–H and O–H groups in total. The highest BCUT2D eigenvalue weighted by molar-refractivity contribution is 6.35. The number of allylic oxidation sites excluding steroid dienone is 8. The fourth-order valence-corrected chi connectivity index (χ4v) is 2.68. The Morgan fingerprint density at radius 1 is 1.06 bits per heavy atom. The van der Waals surface area contributed by atoms with E-state index in [1.54, 1.807) is 6.08 Å². The highest BCUT2D eigenvalue weighted by Crippen LogP contribution is 2.38. The second-order valence-corrected chi connectivity index (χ2v) is 9.27. The summed E-state index contributed by atoms with van der Waals surface area (Å²) in [6.45, 7) is 13.6. The molecule has 1 aliphatic heterocycles. The van der Waals surface area contributed by atoms with Crippen LogP contribution in [0.25, 0.3) is 0 Å². The number of halogens is 2. The van der Waals surface area contributed by atoms with E-state index in [1.807, 2.05) is 53.7 Å². The van der Waals surface area contributed by atoms with Gasteiger partial charge in [0.1, 0.15) is 28.6 Å². The zero-order valence-electron chi connectivity index (χ0n) is 18.8. The van der Waals surface area contributed by atoms with Gasteiger partial charge in [-0.1, -0.05) is 53.7 Å². The molecule has 0 saturated carbocycles. The van der Waals surface area contributed by atoms with Crippen LogP contribution < -0.4 is 10.3 Å². The van der Waals surface area contributed by atoms with Gasteiger partial charge in [-0.25, -0.2) is 13.4 Å². The molecule has 0 atom stereocenters. The molecule has 2 rings (SSSR count). The topological polar surface area (TPSA) is 65.7 Å². The lowest BCUT2D eigenvalue weighted by molar-refractivity contribution is 0.104. The molecule has 1 aromatic heterocycles. The summed E-state index contributed by atoms with van der Waals surface area (Å²) in [6.07, 6.45) is 7.98. The standard InChI is InChI=1S/C23H27BF2O5/c1-14-11-17(31-24(25)26)20(21(28)29-14)16(27)10-8-9-15-12-18(22(2,3)4)30-19(13-15)23(5,6)7/h8-13H,1-7H3/b10-8+. The minimum Gasteiger partial charge on any atom is -0.504 e. The molecule has 0 radical (unpaired) electrons. The number of hydrogen-bond donors (Lipinski definition) is 0. The van der Waals surface area contributed by atoms with Crippen molar-refractivity contribution in [3.63, 3.8) is 0 Å². The summed E-state index contributed by atoms with van der Waals surface area (Å²) >= 11 is 0. The summed E-state index contributed by atoms with van der Waals surface area (Å²) in [5.74, 6) is 0.302. The molecule has 166 valence electrons. The maximum atomic E-state index is 12.7. The van der Waals surface area contributed by atoms with E-state index in [-0.39, 0.29) is 16.6 Å². The molecule has 0 aliphatic carbocycles. The number of ether oxygens (including phenoxy) is 1. The monoisotopic (exact) mass is 432 g/mol. The van der Waals surface area contributed by atoms with E-state index in [2.05, 4.69) is 4.65 Å². The Morgan fingerprint density at radius 2 is 1.61 bits per heavy atom. The van der Waals surface area contributed by atoms with Gasteiger partial charge in [-0.05, 0) is 30.7 Å². The zero-order chi connectivity index (χ0) is 23.6. The molecule has 1 aromatic rings. The van der Waals surface area contributed by atoms with Crippen LogP contribution in [-0.4, -0.2) is 13.3 Å². The number of carbonyl (C=O) groups is 1. The summed E-state index contributed by atoms with van der Waals surface area (Å²) in [4.78, 5) is 24.6. The first-order chi connectivity index (χ1) is 14.2. The van der Waals surface area contributed by atoms with Crippen molar-refractivity contribution in [3.05, 3.63) is 75.3 Å². The minimum absolute atomic E-state index is 0.0604. The third-order valence-corrected chi connectivity index (χ3v) is 4.33. The SMILES string of the molecule is Cc1cc(OB(F)F)c(C(=O)/C=C/C=C2C=C(C(C)(C)C)OC(C(C)(C)C)=C2)c(=O)o1. The van der Waals surface area contributed by atoms with Crippen LogP contribution in [0.4, 0.5) is 8.63 Å². The molecule has 0 fully saturated rings. The summed E-state index contributed by atoms with van der Waals surface area (Å²) in [7, 11) is -3.18. The van der Waals surface area contributed by atoms with E-state index in [1.165, 1.54) is 13.0 Å². The van der Waals surface area contributed by atoms with Crippen molar-refractivity contribution in [2.45, 2.75) is 48.5 Å². The van der Waals surface area contributed by atoms with Gasteiger partial charge in [0.05, 0.1) is 0 Å². The highest BCUT2D eigenvalue weighted by atomic mass is 19.2. The first kappa shape index (κ1) is 24.4. The van der Waals surface area contributed by atoms with E-state index in [4.69, 9.17) is 9.15 Å². The van der Waals surface area contributed by atoms with Crippen LogP contribution in [0.15, 0.2) is 62.7 Å². The van der Waals surface area contributed by atoms with Crippen molar-refractivity contribution in [1.29, 1.82) is 0 Å². The molecule has 8 heteroatoms. The van der Waals surface area contributed by atoms with Gasteiger partial charge in [0.2, 0.25) is 0 Å². The Kier molecular flexibility index (Phi) is 7.14. The second kappa shape index (κ2) is 9.08. The Morgan fingerprint density at radius 3 is 2.10 bits per heavy atom. The van der Waals surface area contributed by atoms with Crippen molar-refractivity contribution < 1.29 is 27.2 Å². The van der Waals surface area contributed by atoms with Crippen LogP contribution in [-0.2, 0) is 4.74 Å². The van der Waals surface area contributed by atoms with E-state index in [9.17, 15) is 18.2 Å². The third-order valence-electron chi connectivity index (χ3n) is 4.33. The normalized spacial score (nSPS) is 14.7. The Labute approximate surface area is 181 Å². The summed E-state index contributed by atoms with van der Waals surface area (Å²) < 4.78 is 40.6. The van der Waals surface area contributed by atoms with E-state index in [0.717, 1.165) is 29.2 Å². The smallest absolute Gasteiger partial charge is 0.504 e. The van der Waals surface area contributed by atoms with Gasteiger partial charge in [-0.3, -0.25) is 4.79 Å². The predicted octanol–water partition coefficient (Wildman–Crippen LogP) is 5.81. The lowest BCUT2D eigenvalue weighted by Crippen LogP contribution is -2.21. The number of hydrogen-bond acceptors (Lipinski definition) is 5. The Hall–Kier alpha value is -2.90. The van der Waals surface area contributed by atoms with Gasteiger partial charge >= 0.3 is 13.1 Å². The average molecular weight is 432 g/mol. The van der Waals surface area contributed by atoms with Crippen molar-refractivity contribution in [1.82, 2.24) is 0 Å². The number of aryl methyl sites for hydroxylation is 1. The predicted molar refractivity (Wildman–Crippen MR) is 116 cm³/mol. The number of ketones is 1. The van der Waals surface area contributed by atoms with Crippen LogP contribution in [0.2, 0.25) is 0 Å². The van der Waals surface area contributed by atoms with Gasteiger partial charge in [0.15, 0.2) is 5.78 Å². The number of carbonyl (C=O) groups excluding carboxylic acids is 1. The van der Waals surface area contributed by atoms with Gasteiger partial charge in [0, 0.05) is 16.9 Å². The first-order valence-corrected chi connectivity index (χ1v) is 9.83. The highest BCUT2D eigenvalue weighted by Gasteiger charge is 2.29. The van der Waals surface area contributed by atoms with Crippen LogP contribution in [0, 0.1) is 17.8 Å².